The van der Waals surface area contributed by atoms with Gasteiger partial charge in [0.25, 0.3) is 11.8 Å². The summed E-state index contributed by atoms with van der Waals surface area (Å²) in [6.45, 7) is 2.05. The maximum absolute atomic E-state index is 12.6. The van der Waals surface area contributed by atoms with E-state index < -0.39 is 0 Å². The van der Waals surface area contributed by atoms with Gasteiger partial charge in [-0.25, -0.2) is 0 Å². The van der Waals surface area contributed by atoms with Crippen LogP contribution < -0.4 is 0 Å². The number of carbonyl (C=O) groups excluding carboxylic acids is 2. The Kier molecular flexibility index (Phi) is 4.19. The number of carbonyl (C=O) groups is 2. The van der Waals surface area contributed by atoms with Crippen molar-refractivity contribution in [1.82, 2.24) is 9.80 Å². The van der Waals surface area contributed by atoms with Crippen molar-refractivity contribution in [1.29, 1.82) is 0 Å². The van der Waals surface area contributed by atoms with Crippen molar-refractivity contribution in [3.05, 3.63) is 79.7 Å². The van der Waals surface area contributed by atoms with Crippen molar-refractivity contribution in [2.75, 3.05) is 19.6 Å². The lowest BCUT2D eigenvalue weighted by atomic mass is 9.98. The van der Waals surface area contributed by atoms with Crippen LogP contribution in [0, 0.1) is 0 Å². The highest BCUT2D eigenvalue weighted by Gasteiger charge is 2.36. The molecule has 4 nitrogen and oxygen atoms in total. The van der Waals surface area contributed by atoms with Crippen LogP contribution in [0.2, 0.25) is 0 Å². The van der Waals surface area contributed by atoms with E-state index >= 15 is 0 Å². The highest BCUT2D eigenvalue weighted by molar-refractivity contribution is 7.10. The molecule has 136 valence electrons. The van der Waals surface area contributed by atoms with Crippen LogP contribution in [-0.4, -0.2) is 41.2 Å². The van der Waals surface area contributed by atoms with E-state index in [0.29, 0.717) is 24.2 Å². The number of hydrogen-bond acceptors (Lipinski definition) is 5. The van der Waals surface area contributed by atoms with Gasteiger partial charge in [-0.05, 0) is 47.0 Å². The van der Waals surface area contributed by atoms with Gasteiger partial charge in [0.05, 0.1) is 17.2 Å². The first-order valence-electron chi connectivity index (χ1n) is 9.03. The van der Waals surface area contributed by atoms with Gasteiger partial charge < -0.3 is 0 Å². The molecule has 2 aliphatic rings. The van der Waals surface area contributed by atoms with E-state index in [1.165, 1.54) is 20.2 Å². The van der Waals surface area contributed by atoms with Crippen LogP contribution >= 0.6 is 22.7 Å². The summed E-state index contributed by atoms with van der Waals surface area (Å²) in [5.74, 6) is -0.340. The van der Waals surface area contributed by atoms with Crippen LogP contribution in [0.25, 0.3) is 0 Å². The number of hydrogen-bond donors (Lipinski definition) is 0. The molecule has 0 N–H and O–H groups in total. The van der Waals surface area contributed by atoms with Crippen molar-refractivity contribution < 1.29 is 9.59 Å². The van der Waals surface area contributed by atoms with Gasteiger partial charge in [0.2, 0.25) is 0 Å². The highest BCUT2D eigenvalue weighted by atomic mass is 32.1. The molecular formula is C21H18N2O2S2. The lowest BCUT2D eigenvalue weighted by Crippen LogP contribution is -2.42. The maximum Gasteiger partial charge on any atom is 0.261 e. The standard InChI is InChI=1S/C21H18N2O2S2/c24-20-14-4-1-2-5-15(14)21(25)23(20)11-10-22-9-7-17-16(8-13-27-17)19(22)18-6-3-12-26-18/h1-6,8,12-13,19H,7,9-11H2/t19-/m1/s1. The summed E-state index contributed by atoms with van der Waals surface area (Å²) in [6, 6.07) is 13.8. The van der Waals surface area contributed by atoms with Gasteiger partial charge in [0.1, 0.15) is 0 Å². The van der Waals surface area contributed by atoms with Crippen molar-refractivity contribution in [3.63, 3.8) is 0 Å². The van der Waals surface area contributed by atoms with E-state index in [0.717, 1.165) is 13.0 Å². The summed E-state index contributed by atoms with van der Waals surface area (Å²) in [4.78, 5) is 31.8. The molecule has 6 heteroatoms. The van der Waals surface area contributed by atoms with E-state index in [1.807, 2.05) is 23.5 Å². The van der Waals surface area contributed by atoms with Crippen molar-refractivity contribution in [2.24, 2.45) is 0 Å². The Balaban J connectivity index is 1.38. The van der Waals surface area contributed by atoms with Gasteiger partial charge in [0, 0.05) is 29.4 Å². The molecule has 1 atom stereocenters. The second kappa shape index (κ2) is 6.71. The number of nitrogens with zero attached hydrogens (tertiary/aromatic N) is 2. The Morgan fingerprint density at radius 1 is 0.889 bits per heavy atom. The normalized spacial score (nSPS) is 19.4. The van der Waals surface area contributed by atoms with E-state index in [-0.39, 0.29) is 17.9 Å². The average Bonchev–Trinajstić information content (AvgIpc) is 3.42. The molecule has 2 aromatic heterocycles. The molecule has 0 bridgehead atoms. The molecule has 0 saturated carbocycles. The van der Waals surface area contributed by atoms with Crippen LogP contribution in [0.5, 0.6) is 0 Å². The number of fused-ring (bicyclic) bond motifs is 2. The van der Waals surface area contributed by atoms with Crippen molar-refractivity contribution >= 4 is 34.5 Å². The molecule has 5 rings (SSSR count). The summed E-state index contributed by atoms with van der Waals surface area (Å²) >= 11 is 3.59. The van der Waals surface area contributed by atoms with Crippen LogP contribution in [-0.2, 0) is 6.42 Å². The van der Waals surface area contributed by atoms with Crippen LogP contribution in [0.1, 0.15) is 42.1 Å². The van der Waals surface area contributed by atoms with E-state index in [9.17, 15) is 9.59 Å². The lowest BCUT2D eigenvalue weighted by Gasteiger charge is -2.36. The van der Waals surface area contributed by atoms with Gasteiger partial charge >= 0.3 is 0 Å². The fourth-order valence-electron chi connectivity index (χ4n) is 4.06. The minimum absolute atomic E-state index is 0.170. The SMILES string of the molecule is O=C1c2ccccc2C(=O)N1CCN1CCc2sccc2[C@@H]1c1cccs1. The third kappa shape index (κ3) is 2.76. The van der Waals surface area contributed by atoms with Gasteiger partial charge in [-0.1, -0.05) is 18.2 Å². The Hall–Kier alpha value is -2.28. The Morgan fingerprint density at radius 2 is 1.67 bits per heavy atom. The Bertz CT molecular complexity index is 974. The Morgan fingerprint density at radius 3 is 2.37 bits per heavy atom. The predicted octanol–water partition coefficient (Wildman–Crippen LogP) is 4.05. The highest BCUT2D eigenvalue weighted by Crippen LogP contribution is 2.39. The van der Waals surface area contributed by atoms with Crippen molar-refractivity contribution in [3.8, 4) is 0 Å². The largest absolute Gasteiger partial charge is 0.290 e. The molecule has 0 spiro atoms. The molecule has 2 aliphatic heterocycles. The number of benzene rings is 1. The number of imide groups is 1. The molecule has 0 radical (unpaired) electrons. The third-order valence-corrected chi connectivity index (χ3v) is 7.29. The van der Waals surface area contributed by atoms with Gasteiger partial charge in [-0.3, -0.25) is 19.4 Å². The number of amides is 2. The molecule has 0 aliphatic carbocycles. The topological polar surface area (TPSA) is 40.6 Å². The summed E-state index contributed by atoms with van der Waals surface area (Å²) < 4.78 is 0. The molecule has 2 amide bonds. The van der Waals surface area contributed by atoms with Crippen LogP contribution in [0.15, 0.2) is 53.2 Å². The van der Waals surface area contributed by atoms with E-state index in [2.05, 4.69) is 33.9 Å². The fourth-order valence-corrected chi connectivity index (χ4v) is 5.84. The van der Waals surface area contributed by atoms with E-state index in [1.54, 1.807) is 23.5 Å². The molecular weight excluding hydrogens is 376 g/mol. The number of thiophene rings is 2. The molecule has 0 fully saturated rings. The Labute approximate surface area is 165 Å². The second-order valence-corrected chi connectivity index (χ2v) is 8.79. The quantitative estimate of drug-likeness (QED) is 0.627. The molecule has 0 unspecified atom stereocenters. The molecule has 27 heavy (non-hydrogen) atoms. The minimum atomic E-state index is -0.170. The zero-order valence-electron chi connectivity index (χ0n) is 14.6. The van der Waals surface area contributed by atoms with Crippen molar-refractivity contribution in [2.45, 2.75) is 12.5 Å². The third-order valence-electron chi connectivity index (χ3n) is 5.37. The van der Waals surface area contributed by atoms with Gasteiger partial charge in [-0.15, -0.1) is 22.7 Å². The summed E-state index contributed by atoms with van der Waals surface area (Å²) in [5, 5.41) is 4.28. The van der Waals surface area contributed by atoms with Crippen LogP contribution in [0.4, 0.5) is 0 Å². The lowest BCUT2D eigenvalue weighted by molar-refractivity contribution is 0.0627. The van der Waals surface area contributed by atoms with E-state index in [4.69, 9.17) is 0 Å². The molecule has 3 aromatic rings. The van der Waals surface area contributed by atoms with Gasteiger partial charge in [0.15, 0.2) is 0 Å². The minimum Gasteiger partial charge on any atom is -0.290 e. The monoisotopic (exact) mass is 394 g/mol. The first-order chi connectivity index (χ1) is 13.2. The predicted molar refractivity (Wildman–Crippen MR) is 108 cm³/mol. The second-order valence-electron chi connectivity index (χ2n) is 6.81. The summed E-state index contributed by atoms with van der Waals surface area (Å²) in [6.07, 6.45) is 1.02. The zero-order chi connectivity index (χ0) is 18.4. The first kappa shape index (κ1) is 16.9. The first-order valence-corrected chi connectivity index (χ1v) is 10.8. The number of rotatable bonds is 4. The zero-order valence-corrected chi connectivity index (χ0v) is 16.3. The smallest absolute Gasteiger partial charge is 0.261 e. The van der Waals surface area contributed by atoms with Gasteiger partial charge in [-0.2, -0.15) is 0 Å². The molecule has 0 saturated heterocycles. The average molecular weight is 395 g/mol. The summed E-state index contributed by atoms with van der Waals surface area (Å²) in [5.41, 5.74) is 2.42. The maximum atomic E-state index is 12.6. The molecule has 4 heterocycles. The summed E-state index contributed by atoms with van der Waals surface area (Å²) in [7, 11) is 0. The molecule has 1 aromatic carbocycles. The fraction of sp³-hybridized carbons (Fsp3) is 0.238. The van der Waals surface area contributed by atoms with Crippen LogP contribution in [0.3, 0.4) is 0 Å².